The van der Waals surface area contributed by atoms with Gasteiger partial charge in [0.25, 0.3) is 0 Å². The highest BCUT2D eigenvalue weighted by Gasteiger charge is 2.23. The van der Waals surface area contributed by atoms with E-state index in [2.05, 4.69) is 4.99 Å². The molecule has 0 aromatic rings. The molecule has 0 aliphatic carbocycles. The molecular formula is C6H6N2O3. The molecule has 0 spiro atoms. The van der Waals surface area contributed by atoms with E-state index in [-0.39, 0.29) is 0 Å². The molecule has 0 N–H and O–H groups in total. The van der Waals surface area contributed by atoms with E-state index in [1.54, 1.807) is 6.92 Å². The molecule has 5 heteroatoms. The first-order chi connectivity index (χ1) is 5.11. The maximum atomic E-state index is 10.7. The largest absolute Gasteiger partial charge is 0.347 e. The Bertz CT molecular complexity index is 278. The van der Waals surface area contributed by atoms with E-state index in [4.69, 9.17) is 0 Å². The molecule has 0 saturated heterocycles. The predicted octanol–water partition coefficient (Wildman–Crippen LogP) is 0.538. The fraction of sp³-hybridized carbons (Fsp3) is 0.333. The molecule has 1 rings (SSSR count). The minimum Gasteiger partial charge on any atom is -0.260 e. The van der Waals surface area contributed by atoms with Gasteiger partial charge in [-0.05, 0) is 6.92 Å². The fourth-order valence-corrected chi connectivity index (χ4v) is 0.761. The van der Waals surface area contributed by atoms with E-state index in [1.165, 1.54) is 6.08 Å². The lowest BCUT2D eigenvalue weighted by Gasteiger charge is -2.00. The Labute approximate surface area is 62.6 Å². The first kappa shape index (κ1) is 7.59. The number of carbonyl (C=O) groups is 1. The highest BCUT2D eigenvalue weighted by atomic mass is 16.6. The lowest BCUT2D eigenvalue weighted by Crippen LogP contribution is -2.14. The molecule has 1 heterocycles. The van der Waals surface area contributed by atoms with Gasteiger partial charge >= 0.3 is 11.6 Å². The number of aliphatic imine (C=N–C) groups is 1. The van der Waals surface area contributed by atoms with Crippen molar-refractivity contribution >= 4 is 11.6 Å². The normalized spacial score (nSPS) is 17.4. The summed E-state index contributed by atoms with van der Waals surface area (Å²) in [7, 11) is 0. The molecule has 0 bridgehead atoms. The van der Waals surface area contributed by atoms with Crippen LogP contribution in [0.25, 0.3) is 0 Å². The zero-order valence-electron chi connectivity index (χ0n) is 5.90. The Morgan fingerprint density at radius 3 is 2.82 bits per heavy atom. The van der Waals surface area contributed by atoms with Crippen molar-refractivity contribution < 1.29 is 9.72 Å². The van der Waals surface area contributed by atoms with Crippen LogP contribution in [0.2, 0.25) is 0 Å². The van der Waals surface area contributed by atoms with Crippen LogP contribution in [-0.4, -0.2) is 16.5 Å². The molecule has 0 radical (unpaired) electrons. The van der Waals surface area contributed by atoms with Gasteiger partial charge < -0.3 is 0 Å². The minimum absolute atomic E-state index is 0.391. The number of hydrogen-bond donors (Lipinski definition) is 0. The molecule has 1 aliphatic heterocycles. The summed E-state index contributed by atoms with van der Waals surface area (Å²) in [5.41, 5.74) is 0.191. The van der Waals surface area contributed by atoms with Crippen LogP contribution in [-0.2, 0) is 4.79 Å². The highest BCUT2D eigenvalue weighted by molar-refractivity contribution is 6.04. The predicted molar refractivity (Wildman–Crippen MR) is 37.8 cm³/mol. The molecule has 0 fully saturated rings. The number of amides is 1. The van der Waals surface area contributed by atoms with Crippen molar-refractivity contribution in [2.45, 2.75) is 13.3 Å². The molecule has 0 saturated carbocycles. The maximum absolute atomic E-state index is 10.7. The first-order valence-electron chi connectivity index (χ1n) is 3.04. The minimum atomic E-state index is -0.751. The molecular weight excluding hydrogens is 148 g/mol. The van der Waals surface area contributed by atoms with Gasteiger partial charge in [0.15, 0.2) is 0 Å². The molecule has 58 valence electrons. The summed E-state index contributed by atoms with van der Waals surface area (Å²) in [6, 6.07) is 0. The summed E-state index contributed by atoms with van der Waals surface area (Å²) in [5, 5.41) is 10.1. The second kappa shape index (κ2) is 2.61. The number of hydrogen-bond acceptors (Lipinski definition) is 3. The summed E-state index contributed by atoms with van der Waals surface area (Å²) in [6.45, 7) is 1.66. The third-order valence-electron chi connectivity index (χ3n) is 1.30. The van der Waals surface area contributed by atoms with Gasteiger partial charge in [-0.1, -0.05) is 0 Å². The Hall–Kier alpha value is -1.52. The smallest absolute Gasteiger partial charge is 0.260 e. The average Bonchev–Trinajstić information content (AvgIpc) is 1.85. The van der Waals surface area contributed by atoms with Crippen LogP contribution in [0.3, 0.4) is 0 Å². The topological polar surface area (TPSA) is 72.6 Å². The molecule has 0 aromatic heterocycles. The molecule has 0 unspecified atom stereocenters. The van der Waals surface area contributed by atoms with Crippen molar-refractivity contribution in [2.24, 2.45) is 4.99 Å². The summed E-state index contributed by atoms with van der Waals surface area (Å²) < 4.78 is 0. The van der Waals surface area contributed by atoms with E-state index < -0.39 is 16.5 Å². The second-order valence-electron chi connectivity index (χ2n) is 2.20. The summed E-state index contributed by atoms with van der Waals surface area (Å²) in [5.74, 6) is -0.751. The van der Waals surface area contributed by atoms with Crippen LogP contribution in [0.5, 0.6) is 0 Å². The second-order valence-corrected chi connectivity index (χ2v) is 2.20. The summed E-state index contributed by atoms with van der Waals surface area (Å²) >= 11 is 0. The Morgan fingerprint density at radius 2 is 2.36 bits per heavy atom. The first-order valence-corrected chi connectivity index (χ1v) is 3.04. The van der Waals surface area contributed by atoms with Gasteiger partial charge in [0, 0.05) is 18.2 Å². The molecule has 1 amide bonds. The van der Waals surface area contributed by atoms with Crippen molar-refractivity contribution in [1.82, 2.24) is 0 Å². The SMILES string of the molecule is CC1=NC(=O)C([N+](=O)[O-])=CC1. The highest BCUT2D eigenvalue weighted by Crippen LogP contribution is 2.07. The lowest BCUT2D eigenvalue weighted by molar-refractivity contribution is -0.419. The van der Waals surface area contributed by atoms with Crippen LogP contribution in [0, 0.1) is 10.1 Å². The van der Waals surface area contributed by atoms with Crippen molar-refractivity contribution in [3.8, 4) is 0 Å². The maximum Gasteiger partial charge on any atom is 0.347 e. The van der Waals surface area contributed by atoms with E-state index >= 15 is 0 Å². The number of nitrogens with zero attached hydrogens (tertiary/aromatic N) is 2. The number of dihydropyridines is 1. The van der Waals surface area contributed by atoms with Gasteiger partial charge in [0.05, 0.1) is 4.92 Å². The van der Waals surface area contributed by atoms with Gasteiger partial charge in [-0.25, -0.2) is 4.99 Å². The zero-order valence-corrected chi connectivity index (χ0v) is 5.90. The van der Waals surface area contributed by atoms with Crippen molar-refractivity contribution in [3.63, 3.8) is 0 Å². The van der Waals surface area contributed by atoms with Gasteiger partial charge in [-0.15, -0.1) is 0 Å². The standard InChI is InChI=1S/C6H6N2O3/c1-4-2-3-5(8(10)11)6(9)7-4/h3H,2H2,1H3. The van der Waals surface area contributed by atoms with Crippen LogP contribution < -0.4 is 0 Å². The number of carbonyl (C=O) groups excluding carboxylic acids is 1. The van der Waals surface area contributed by atoms with E-state index in [0.717, 1.165) is 0 Å². The third kappa shape index (κ3) is 1.49. The van der Waals surface area contributed by atoms with E-state index in [1.807, 2.05) is 0 Å². The molecule has 11 heavy (non-hydrogen) atoms. The monoisotopic (exact) mass is 154 g/mol. The van der Waals surface area contributed by atoms with Crippen LogP contribution in [0.4, 0.5) is 0 Å². The van der Waals surface area contributed by atoms with Crippen LogP contribution in [0.1, 0.15) is 13.3 Å². The van der Waals surface area contributed by atoms with Gasteiger partial charge in [0.1, 0.15) is 0 Å². The lowest BCUT2D eigenvalue weighted by atomic mass is 10.2. The van der Waals surface area contributed by atoms with E-state index in [9.17, 15) is 14.9 Å². The molecule has 5 nitrogen and oxygen atoms in total. The zero-order chi connectivity index (χ0) is 8.43. The number of rotatable bonds is 1. The van der Waals surface area contributed by atoms with Crippen molar-refractivity contribution in [1.29, 1.82) is 0 Å². The fourth-order valence-electron chi connectivity index (χ4n) is 0.761. The summed E-state index contributed by atoms with van der Waals surface area (Å²) in [4.78, 5) is 23.6. The summed E-state index contributed by atoms with van der Waals surface area (Å²) in [6.07, 6.45) is 1.67. The Balaban J connectivity index is 2.89. The van der Waals surface area contributed by atoms with Crippen LogP contribution >= 0.6 is 0 Å². The number of allylic oxidation sites excluding steroid dienone is 1. The van der Waals surface area contributed by atoms with Gasteiger partial charge in [0.2, 0.25) is 0 Å². The van der Waals surface area contributed by atoms with Crippen molar-refractivity contribution in [2.75, 3.05) is 0 Å². The third-order valence-corrected chi connectivity index (χ3v) is 1.30. The Morgan fingerprint density at radius 1 is 1.73 bits per heavy atom. The van der Waals surface area contributed by atoms with Crippen molar-refractivity contribution in [3.05, 3.63) is 21.9 Å². The molecule has 0 aromatic carbocycles. The number of nitro groups is 1. The van der Waals surface area contributed by atoms with Gasteiger partial charge in [-0.2, -0.15) is 0 Å². The van der Waals surface area contributed by atoms with E-state index in [0.29, 0.717) is 12.1 Å². The average molecular weight is 154 g/mol. The quantitative estimate of drug-likeness (QED) is 0.408. The molecule has 1 aliphatic rings. The Kier molecular flexibility index (Phi) is 1.80. The molecule has 0 atom stereocenters. The van der Waals surface area contributed by atoms with Crippen LogP contribution in [0.15, 0.2) is 16.8 Å². The van der Waals surface area contributed by atoms with Gasteiger partial charge in [-0.3, -0.25) is 14.9 Å².